The Labute approximate surface area is 124 Å². The first-order valence-electron chi connectivity index (χ1n) is 7.33. The summed E-state index contributed by atoms with van der Waals surface area (Å²) in [7, 11) is -3.02. The van der Waals surface area contributed by atoms with E-state index in [0.29, 0.717) is 38.9 Å². The average molecular weight is 318 g/mol. The van der Waals surface area contributed by atoms with Gasteiger partial charge in [0.25, 0.3) is 0 Å². The Morgan fingerprint density at radius 3 is 2.24 bits per heavy atom. The van der Waals surface area contributed by atoms with Crippen LogP contribution in [0.15, 0.2) is 0 Å². The molecule has 1 N–H and O–H groups in total. The zero-order valence-corrected chi connectivity index (χ0v) is 12.8. The van der Waals surface area contributed by atoms with Crippen molar-refractivity contribution in [2.24, 2.45) is 5.92 Å². The fourth-order valence-electron chi connectivity index (χ4n) is 2.91. The molecule has 0 atom stereocenters. The number of urea groups is 1. The molecule has 2 amide bonds. The molecule has 21 heavy (non-hydrogen) atoms. The second kappa shape index (κ2) is 6.64. The van der Waals surface area contributed by atoms with Gasteiger partial charge >= 0.3 is 12.0 Å². The molecule has 8 heteroatoms. The molecular weight excluding hydrogens is 296 g/mol. The van der Waals surface area contributed by atoms with Gasteiger partial charge in [-0.25, -0.2) is 13.2 Å². The number of amides is 2. The Hall–Kier alpha value is -1.31. The molecule has 0 radical (unpaired) electrons. The van der Waals surface area contributed by atoms with E-state index < -0.39 is 15.8 Å². The molecule has 2 aliphatic heterocycles. The third kappa shape index (κ3) is 4.59. The predicted molar refractivity (Wildman–Crippen MR) is 76.8 cm³/mol. The third-order valence-corrected chi connectivity index (χ3v) is 5.89. The molecule has 2 heterocycles. The highest BCUT2D eigenvalue weighted by Gasteiger charge is 2.29. The lowest BCUT2D eigenvalue weighted by Crippen LogP contribution is -2.47. The Morgan fingerprint density at radius 1 is 1.00 bits per heavy atom. The van der Waals surface area contributed by atoms with Gasteiger partial charge in [0, 0.05) is 32.6 Å². The molecule has 7 nitrogen and oxygen atoms in total. The molecule has 2 aliphatic rings. The lowest BCUT2D eigenvalue weighted by Gasteiger charge is -2.35. The van der Waals surface area contributed by atoms with E-state index in [2.05, 4.69) is 0 Å². The summed E-state index contributed by atoms with van der Waals surface area (Å²) >= 11 is 0. The zero-order chi connectivity index (χ0) is 15.5. The summed E-state index contributed by atoms with van der Waals surface area (Å²) in [5, 5.41) is 8.78. The van der Waals surface area contributed by atoms with E-state index in [1.807, 2.05) is 0 Å². The Balaban J connectivity index is 1.85. The van der Waals surface area contributed by atoms with Crippen LogP contribution in [0.5, 0.6) is 0 Å². The van der Waals surface area contributed by atoms with Crippen LogP contribution >= 0.6 is 0 Å². The van der Waals surface area contributed by atoms with Gasteiger partial charge in [0.05, 0.1) is 11.5 Å². The zero-order valence-electron chi connectivity index (χ0n) is 12.0. The smallest absolute Gasteiger partial charge is 0.320 e. The van der Waals surface area contributed by atoms with Crippen molar-refractivity contribution in [3.63, 3.8) is 0 Å². The van der Waals surface area contributed by atoms with Crippen LogP contribution in [0.1, 0.15) is 25.7 Å². The summed E-state index contributed by atoms with van der Waals surface area (Å²) in [6.07, 6.45) is 2.04. The molecule has 0 unspecified atom stereocenters. The fraction of sp³-hybridized carbons (Fsp3) is 0.846. The number of sulfone groups is 1. The molecule has 2 saturated heterocycles. The maximum atomic E-state index is 12.4. The first-order chi connectivity index (χ1) is 9.87. The molecule has 2 fully saturated rings. The third-order valence-electron chi connectivity index (χ3n) is 4.17. The van der Waals surface area contributed by atoms with Crippen molar-refractivity contribution in [1.29, 1.82) is 0 Å². The van der Waals surface area contributed by atoms with Crippen LogP contribution in [-0.4, -0.2) is 73.0 Å². The van der Waals surface area contributed by atoms with Crippen molar-refractivity contribution in [3.8, 4) is 0 Å². The number of likely N-dealkylation sites (tertiary alicyclic amines) is 1. The molecular formula is C13H22N2O5S. The molecule has 120 valence electrons. The number of carbonyl (C=O) groups is 2. The molecule has 0 spiro atoms. The van der Waals surface area contributed by atoms with Crippen molar-refractivity contribution in [2.75, 3.05) is 37.7 Å². The van der Waals surface area contributed by atoms with Crippen molar-refractivity contribution in [1.82, 2.24) is 9.80 Å². The summed E-state index contributed by atoms with van der Waals surface area (Å²) in [6, 6.07) is -0.110. The van der Waals surface area contributed by atoms with Gasteiger partial charge in [-0.2, -0.15) is 0 Å². The molecule has 0 aliphatic carbocycles. The van der Waals surface area contributed by atoms with E-state index in [1.165, 1.54) is 0 Å². The van der Waals surface area contributed by atoms with Crippen LogP contribution in [-0.2, 0) is 14.6 Å². The molecule has 0 aromatic heterocycles. The number of aliphatic carboxylic acids is 1. The predicted octanol–water partition coefficient (Wildman–Crippen LogP) is 0.414. The molecule has 2 rings (SSSR count). The van der Waals surface area contributed by atoms with Crippen LogP contribution in [0.4, 0.5) is 4.79 Å². The summed E-state index contributed by atoms with van der Waals surface area (Å²) in [4.78, 5) is 26.4. The van der Waals surface area contributed by atoms with Gasteiger partial charge in [0.15, 0.2) is 9.84 Å². The molecule has 0 saturated carbocycles. The average Bonchev–Trinajstić information content (AvgIpc) is 2.59. The first-order valence-corrected chi connectivity index (χ1v) is 9.15. The van der Waals surface area contributed by atoms with E-state index >= 15 is 0 Å². The van der Waals surface area contributed by atoms with Crippen LogP contribution in [0.3, 0.4) is 0 Å². The van der Waals surface area contributed by atoms with Crippen molar-refractivity contribution < 1.29 is 23.1 Å². The van der Waals surface area contributed by atoms with Gasteiger partial charge in [0.1, 0.15) is 0 Å². The Morgan fingerprint density at radius 2 is 1.62 bits per heavy atom. The van der Waals surface area contributed by atoms with Gasteiger partial charge < -0.3 is 14.9 Å². The minimum Gasteiger partial charge on any atom is -0.481 e. The minimum atomic E-state index is -3.02. The summed E-state index contributed by atoms with van der Waals surface area (Å²) in [5.74, 6) is -0.473. The van der Waals surface area contributed by atoms with Gasteiger partial charge in [-0.05, 0) is 25.2 Å². The summed E-state index contributed by atoms with van der Waals surface area (Å²) < 4.78 is 23.1. The van der Waals surface area contributed by atoms with Gasteiger partial charge in [-0.15, -0.1) is 0 Å². The number of carboxylic acids is 1. The Bertz CT molecular complexity index is 497. The highest BCUT2D eigenvalue weighted by Crippen LogP contribution is 2.21. The van der Waals surface area contributed by atoms with Gasteiger partial charge in [-0.3, -0.25) is 4.79 Å². The van der Waals surface area contributed by atoms with Crippen LogP contribution < -0.4 is 0 Å². The van der Waals surface area contributed by atoms with Crippen LogP contribution in [0, 0.1) is 5.92 Å². The summed E-state index contributed by atoms with van der Waals surface area (Å²) in [5.41, 5.74) is 0. The van der Waals surface area contributed by atoms with Gasteiger partial charge in [0.2, 0.25) is 0 Å². The maximum absolute atomic E-state index is 12.4. The molecule has 0 aromatic carbocycles. The quantitative estimate of drug-likeness (QED) is 0.796. The lowest BCUT2D eigenvalue weighted by molar-refractivity contribution is -0.138. The van der Waals surface area contributed by atoms with E-state index in [1.54, 1.807) is 9.80 Å². The largest absolute Gasteiger partial charge is 0.481 e. The molecule has 0 bridgehead atoms. The number of piperidine rings is 1. The van der Waals surface area contributed by atoms with Crippen molar-refractivity contribution in [2.45, 2.75) is 25.7 Å². The second-order valence-corrected chi connectivity index (χ2v) is 8.11. The number of rotatable bonds is 2. The topological polar surface area (TPSA) is 95.0 Å². The second-order valence-electron chi connectivity index (χ2n) is 5.80. The molecule has 0 aromatic rings. The van der Waals surface area contributed by atoms with E-state index in [9.17, 15) is 18.0 Å². The number of nitrogens with zero attached hydrogens (tertiary/aromatic N) is 2. The number of hydrogen-bond donors (Lipinski definition) is 1. The maximum Gasteiger partial charge on any atom is 0.320 e. The highest BCUT2D eigenvalue weighted by atomic mass is 32.2. The van der Waals surface area contributed by atoms with E-state index in [4.69, 9.17) is 5.11 Å². The van der Waals surface area contributed by atoms with Crippen LogP contribution in [0.2, 0.25) is 0 Å². The van der Waals surface area contributed by atoms with E-state index in [-0.39, 0.29) is 36.4 Å². The SMILES string of the molecule is O=C(O)CC1CCN(C(=O)N2CCCS(=O)(=O)CC2)CC1. The first kappa shape index (κ1) is 16.1. The highest BCUT2D eigenvalue weighted by molar-refractivity contribution is 7.91. The Kier molecular flexibility index (Phi) is 5.08. The van der Waals surface area contributed by atoms with Gasteiger partial charge in [-0.1, -0.05) is 0 Å². The number of carboxylic acid groups (broad SMARTS) is 1. The fourth-order valence-corrected chi connectivity index (χ4v) is 4.18. The summed E-state index contributed by atoms with van der Waals surface area (Å²) in [6.45, 7) is 1.85. The van der Waals surface area contributed by atoms with E-state index in [0.717, 1.165) is 0 Å². The monoisotopic (exact) mass is 318 g/mol. The normalized spacial score (nSPS) is 23.6. The van der Waals surface area contributed by atoms with Crippen LogP contribution in [0.25, 0.3) is 0 Å². The standard InChI is InChI=1S/C13H22N2O5S/c16-12(17)10-11-2-5-15(6-3-11)13(18)14-4-1-8-21(19,20)9-7-14/h11H,1-10H2,(H,16,17). The number of hydrogen-bond acceptors (Lipinski definition) is 4. The van der Waals surface area contributed by atoms with Crippen molar-refractivity contribution >= 4 is 21.8 Å². The lowest BCUT2D eigenvalue weighted by atomic mass is 9.94. The number of carbonyl (C=O) groups excluding carboxylic acids is 1. The minimum absolute atomic E-state index is 0.0359. The van der Waals surface area contributed by atoms with Crippen molar-refractivity contribution in [3.05, 3.63) is 0 Å².